The smallest absolute Gasteiger partial charge is 0.337 e. The summed E-state index contributed by atoms with van der Waals surface area (Å²) in [5.74, 6) is -0.392. The molecule has 0 spiro atoms. The monoisotopic (exact) mass is 430 g/mol. The standard InChI is InChI=1S/C23H30N2O4S/c1-29-23(26)21-12-10-19(11-13-21)18-25(30(27)28)17-14-22(20-8-4-2-5-9-20)24-15-6-3-7-16-24/h2,4-5,8-13,22H,3,6-7,14-18H2,1H3,(H,27,28). The highest BCUT2D eigenvalue weighted by Gasteiger charge is 2.24. The van der Waals surface area contributed by atoms with Gasteiger partial charge in [-0.15, -0.1) is 0 Å². The van der Waals surface area contributed by atoms with E-state index in [0.29, 0.717) is 18.7 Å². The number of nitrogens with zero attached hydrogens (tertiary/aromatic N) is 2. The van der Waals surface area contributed by atoms with Crippen LogP contribution in [-0.4, -0.2) is 50.7 Å². The van der Waals surface area contributed by atoms with Crippen molar-refractivity contribution in [2.75, 3.05) is 26.7 Å². The summed E-state index contributed by atoms with van der Waals surface area (Å²) in [6.07, 6.45) is 4.44. The van der Waals surface area contributed by atoms with Gasteiger partial charge in [-0.1, -0.05) is 48.9 Å². The van der Waals surface area contributed by atoms with Gasteiger partial charge < -0.3 is 4.74 Å². The zero-order valence-electron chi connectivity index (χ0n) is 17.4. The molecule has 2 aromatic rings. The van der Waals surface area contributed by atoms with Gasteiger partial charge in [-0.05, 0) is 55.6 Å². The number of carbonyl (C=O) groups is 1. The highest BCUT2D eigenvalue weighted by molar-refractivity contribution is 7.76. The fraction of sp³-hybridized carbons (Fsp3) is 0.435. The Hall–Kier alpha value is -2.06. The number of carbonyl (C=O) groups excluding carboxylic acids is 1. The highest BCUT2D eigenvalue weighted by atomic mass is 32.2. The largest absolute Gasteiger partial charge is 0.465 e. The van der Waals surface area contributed by atoms with Crippen molar-refractivity contribution in [3.8, 4) is 0 Å². The Morgan fingerprint density at radius 1 is 1.10 bits per heavy atom. The second kappa shape index (κ2) is 11.4. The van der Waals surface area contributed by atoms with Crippen LogP contribution in [0.15, 0.2) is 54.6 Å². The van der Waals surface area contributed by atoms with E-state index in [1.807, 2.05) is 6.07 Å². The van der Waals surface area contributed by atoms with E-state index in [4.69, 9.17) is 4.74 Å². The number of benzene rings is 2. The normalized spacial score (nSPS) is 16.9. The topological polar surface area (TPSA) is 70.1 Å². The first kappa shape index (κ1) is 22.6. The van der Waals surface area contributed by atoms with E-state index in [1.165, 1.54) is 31.9 Å². The van der Waals surface area contributed by atoms with Crippen LogP contribution >= 0.6 is 0 Å². The lowest BCUT2D eigenvalue weighted by atomic mass is 9.99. The van der Waals surface area contributed by atoms with Crippen LogP contribution in [0, 0.1) is 0 Å². The van der Waals surface area contributed by atoms with Gasteiger partial charge >= 0.3 is 5.97 Å². The first-order valence-corrected chi connectivity index (χ1v) is 11.5. The molecule has 2 aromatic carbocycles. The molecule has 7 heteroatoms. The number of hydrogen-bond donors (Lipinski definition) is 1. The molecular weight excluding hydrogens is 400 g/mol. The van der Waals surface area contributed by atoms with Crippen LogP contribution in [0.25, 0.3) is 0 Å². The predicted molar refractivity (Wildman–Crippen MR) is 118 cm³/mol. The SMILES string of the molecule is COC(=O)c1ccc(CN(CCC(c2ccccc2)N2CCCCC2)S(=O)O)cc1. The van der Waals surface area contributed by atoms with Crippen molar-refractivity contribution in [1.29, 1.82) is 0 Å². The summed E-state index contributed by atoms with van der Waals surface area (Å²) >= 11 is -2.07. The molecule has 2 atom stereocenters. The summed E-state index contributed by atoms with van der Waals surface area (Å²) in [6, 6.07) is 17.6. The lowest BCUT2D eigenvalue weighted by molar-refractivity contribution is 0.0600. The quantitative estimate of drug-likeness (QED) is 0.480. The van der Waals surface area contributed by atoms with Gasteiger partial charge in [-0.2, -0.15) is 4.31 Å². The molecule has 0 radical (unpaired) electrons. The molecule has 6 nitrogen and oxygen atoms in total. The Bertz CT molecular complexity index is 823. The van der Waals surface area contributed by atoms with E-state index >= 15 is 0 Å². The lowest BCUT2D eigenvalue weighted by Gasteiger charge is -2.35. The van der Waals surface area contributed by atoms with Gasteiger partial charge in [-0.25, -0.2) is 9.00 Å². The number of ether oxygens (including phenoxy) is 1. The molecular formula is C23H30N2O4S. The van der Waals surface area contributed by atoms with Gasteiger partial charge in [0.05, 0.1) is 12.7 Å². The van der Waals surface area contributed by atoms with Crippen molar-refractivity contribution in [3.05, 3.63) is 71.3 Å². The van der Waals surface area contributed by atoms with Crippen molar-refractivity contribution in [2.45, 2.75) is 38.3 Å². The van der Waals surface area contributed by atoms with Gasteiger partial charge in [0, 0.05) is 19.1 Å². The Kier molecular flexibility index (Phi) is 8.57. The second-order valence-electron chi connectivity index (χ2n) is 7.59. The fourth-order valence-electron chi connectivity index (χ4n) is 4.01. The maximum atomic E-state index is 12.0. The minimum atomic E-state index is -2.07. The molecule has 0 aliphatic carbocycles. The van der Waals surface area contributed by atoms with Crippen LogP contribution in [0.3, 0.4) is 0 Å². The van der Waals surface area contributed by atoms with Crippen LogP contribution in [0.2, 0.25) is 0 Å². The molecule has 2 unspecified atom stereocenters. The molecule has 0 aromatic heterocycles. The van der Waals surface area contributed by atoms with Gasteiger partial charge in [0.1, 0.15) is 0 Å². The molecule has 0 saturated carbocycles. The van der Waals surface area contributed by atoms with E-state index in [0.717, 1.165) is 25.1 Å². The first-order chi connectivity index (χ1) is 14.6. The van der Waals surface area contributed by atoms with E-state index in [-0.39, 0.29) is 6.04 Å². The van der Waals surface area contributed by atoms with Gasteiger partial charge in [0.2, 0.25) is 11.3 Å². The molecule has 30 heavy (non-hydrogen) atoms. The minimum absolute atomic E-state index is 0.235. The second-order valence-corrected chi connectivity index (χ2v) is 8.57. The van der Waals surface area contributed by atoms with Crippen molar-refractivity contribution in [3.63, 3.8) is 0 Å². The summed E-state index contributed by atoms with van der Waals surface area (Å²) < 4.78 is 28.1. The van der Waals surface area contributed by atoms with Crippen molar-refractivity contribution >= 4 is 17.2 Å². The predicted octanol–water partition coefficient (Wildman–Crippen LogP) is 4.03. The molecule has 1 aliphatic heterocycles. The van der Waals surface area contributed by atoms with Crippen LogP contribution in [0.1, 0.15) is 53.2 Å². The molecule has 1 saturated heterocycles. The number of rotatable bonds is 9. The highest BCUT2D eigenvalue weighted by Crippen LogP contribution is 2.28. The van der Waals surface area contributed by atoms with Crippen molar-refractivity contribution in [1.82, 2.24) is 9.21 Å². The molecule has 1 aliphatic rings. The number of piperidine rings is 1. The number of methoxy groups -OCH3 is 1. The maximum absolute atomic E-state index is 12.0. The van der Waals surface area contributed by atoms with Crippen molar-refractivity contribution < 1.29 is 18.3 Å². The molecule has 0 bridgehead atoms. The molecule has 1 heterocycles. The third-order valence-electron chi connectivity index (χ3n) is 5.62. The van der Waals surface area contributed by atoms with E-state index in [2.05, 4.69) is 29.2 Å². The third-order valence-corrected chi connectivity index (χ3v) is 6.38. The summed E-state index contributed by atoms with van der Waals surface area (Å²) in [6.45, 7) is 2.97. The Morgan fingerprint density at radius 2 is 1.77 bits per heavy atom. The molecule has 1 N–H and O–H groups in total. The molecule has 3 rings (SSSR count). The number of likely N-dealkylation sites (tertiary alicyclic amines) is 1. The van der Waals surface area contributed by atoms with E-state index < -0.39 is 17.2 Å². The Balaban J connectivity index is 1.68. The maximum Gasteiger partial charge on any atom is 0.337 e. The van der Waals surface area contributed by atoms with Gasteiger partial charge in [0.15, 0.2) is 0 Å². The number of esters is 1. The average molecular weight is 431 g/mol. The lowest BCUT2D eigenvalue weighted by Crippen LogP contribution is -2.36. The Morgan fingerprint density at radius 3 is 2.37 bits per heavy atom. The Labute approximate surface area is 181 Å². The van der Waals surface area contributed by atoms with Gasteiger partial charge in [-0.3, -0.25) is 9.45 Å². The zero-order chi connectivity index (χ0) is 21.3. The fourth-order valence-corrected chi connectivity index (χ4v) is 4.53. The summed E-state index contributed by atoms with van der Waals surface area (Å²) in [5.41, 5.74) is 2.59. The van der Waals surface area contributed by atoms with E-state index in [9.17, 15) is 13.6 Å². The molecule has 0 amide bonds. The third kappa shape index (κ3) is 6.22. The van der Waals surface area contributed by atoms with Crippen LogP contribution in [0.5, 0.6) is 0 Å². The summed E-state index contributed by atoms with van der Waals surface area (Å²) in [7, 11) is 1.35. The van der Waals surface area contributed by atoms with Crippen LogP contribution < -0.4 is 0 Å². The zero-order valence-corrected chi connectivity index (χ0v) is 18.2. The average Bonchev–Trinajstić information content (AvgIpc) is 2.79. The van der Waals surface area contributed by atoms with Gasteiger partial charge in [0.25, 0.3) is 0 Å². The van der Waals surface area contributed by atoms with Crippen molar-refractivity contribution in [2.24, 2.45) is 0 Å². The van der Waals surface area contributed by atoms with E-state index in [1.54, 1.807) is 28.6 Å². The van der Waals surface area contributed by atoms with Crippen LogP contribution in [0.4, 0.5) is 0 Å². The summed E-state index contributed by atoms with van der Waals surface area (Å²) in [4.78, 5) is 14.1. The first-order valence-electron chi connectivity index (χ1n) is 10.4. The molecule has 162 valence electrons. The van der Waals surface area contributed by atoms with Crippen LogP contribution in [-0.2, 0) is 22.5 Å². The minimum Gasteiger partial charge on any atom is -0.465 e. The molecule has 1 fully saturated rings. The summed E-state index contributed by atoms with van der Waals surface area (Å²) in [5, 5.41) is 0. The number of hydrogen-bond acceptors (Lipinski definition) is 4.